The van der Waals surface area contributed by atoms with Crippen molar-refractivity contribution < 1.29 is 0 Å². The molecule has 16 heavy (non-hydrogen) atoms. The third kappa shape index (κ3) is 4.63. The molecule has 0 atom stereocenters. The number of hydrogen-bond acceptors (Lipinski definition) is 3. The smallest absolute Gasteiger partial charge is 0.132 e. The van der Waals surface area contributed by atoms with Gasteiger partial charge in [0.15, 0.2) is 0 Å². The van der Waals surface area contributed by atoms with Crippen molar-refractivity contribution in [2.45, 2.75) is 32.6 Å². The molecule has 0 radical (unpaired) electrons. The van der Waals surface area contributed by atoms with E-state index >= 15 is 0 Å². The Kier molecular flexibility index (Phi) is 5.87. The molecule has 0 saturated heterocycles. The largest absolute Gasteiger partial charge is 0.370 e. The zero-order valence-electron chi connectivity index (χ0n) is 9.46. The fourth-order valence-electron chi connectivity index (χ4n) is 1.30. The molecule has 0 aromatic carbocycles. The van der Waals surface area contributed by atoms with Gasteiger partial charge in [-0.2, -0.15) is 0 Å². The van der Waals surface area contributed by atoms with Crippen molar-refractivity contribution in [3.05, 3.63) is 16.5 Å². The highest BCUT2D eigenvalue weighted by atomic mass is 79.9. The zero-order valence-corrected chi connectivity index (χ0v) is 11.0. The van der Waals surface area contributed by atoms with Gasteiger partial charge in [0, 0.05) is 25.5 Å². The Morgan fingerprint density at radius 2 is 2.31 bits per heavy atom. The SMILES string of the molecule is C#CCCCNc1cc(Br)nc(CCC)n1. The number of hydrogen-bond donors (Lipinski definition) is 1. The molecule has 1 N–H and O–H groups in total. The second-order valence-electron chi connectivity index (χ2n) is 3.48. The number of anilines is 1. The van der Waals surface area contributed by atoms with Crippen molar-refractivity contribution in [3.8, 4) is 12.3 Å². The molecule has 1 heterocycles. The monoisotopic (exact) mass is 281 g/mol. The number of aryl methyl sites for hydroxylation is 1. The van der Waals surface area contributed by atoms with Crippen molar-refractivity contribution in [1.82, 2.24) is 9.97 Å². The first-order valence-electron chi connectivity index (χ1n) is 5.47. The van der Waals surface area contributed by atoms with Gasteiger partial charge in [0.1, 0.15) is 16.2 Å². The molecule has 0 saturated carbocycles. The fraction of sp³-hybridized carbons (Fsp3) is 0.500. The van der Waals surface area contributed by atoms with E-state index in [1.165, 1.54) is 0 Å². The Bertz CT molecular complexity index is 371. The normalized spacial score (nSPS) is 9.81. The third-order valence-corrected chi connectivity index (χ3v) is 2.43. The van der Waals surface area contributed by atoms with Crippen LogP contribution in [-0.4, -0.2) is 16.5 Å². The van der Waals surface area contributed by atoms with Gasteiger partial charge < -0.3 is 5.32 Å². The van der Waals surface area contributed by atoms with Crippen LogP contribution < -0.4 is 5.32 Å². The van der Waals surface area contributed by atoms with Crippen LogP contribution in [0.2, 0.25) is 0 Å². The average Bonchev–Trinajstić information content (AvgIpc) is 2.24. The maximum absolute atomic E-state index is 5.18. The lowest BCUT2D eigenvalue weighted by Gasteiger charge is -2.06. The molecule has 0 unspecified atom stereocenters. The number of terminal acetylenes is 1. The Morgan fingerprint density at radius 3 is 3.00 bits per heavy atom. The standard InChI is InChI=1S/C12H16BrN3/c1-3-5-6-8-14-12-9-10(13)15-11(16-12)7-4-2/h1,9H,4-8H2,2H3,(H,14,15,16). The molecule has 86 valence electrons. The Hall–Kier alpha value is -1.08. The molecule has 0 fully saturated rings. The lowest BCUT2D eigenvalue weighted by molar-refractivity contribution is 0.823. The third-order valence-electron chi connectivity index (χ3n) is 2.02. The van der Waals surface area contributed by atoms with Crippen LogP contribution in [0.4, 0.5) is 5.82 Å². The first kappa shape index (κ1) is 13.0. The minimum atomic E-state index is 0.793. The van der Waals surface area contributed by atoms with Gasteiger partial charge in [-0.05, 0) is 28.8 Å². The lowest BCUT2D eigenvalue weighted by atomic mass is 10.3. The average molecular weight is 282 g/mol. The summed E-state index contributed by atoms with van der Waals surface area (Å²) < 4.78 is 0.824. The highest BCUT2D eigenvalue weighted by Gasteiger charge is 2.01. The van der Waals surface area contributed by atoms with Crippen molar-refractivity contribution in [1.29, 1.82) is 0 Å². The summed E-state index contributed by atoms with van der Waals surface area (Å²) in [5.41, 5.74) is 0. The minimum Gasteiger partial charge on any atom is -0.370 e. The first-order chi connectivity index (χ1) is 7.76. The fourth-order valence-corrected chi connectivity index (χ4v) is 1.72. The van der Waals surface area contributed by atoms with E-state index in [9.17, 15) is 0 Å². The van der Waals surface area contributed by atoms with Crippen molar-refractivity contribution in [2.75, 3.05) is 11.9 Å². The van der Waals surface area contributed by atoms with Crippen LogP contribution in [0.15, 0.2) is 10.7 Å². The van der Waals surface area contributed by atoms with Crippen LogP contribution in [0.25, 0.3) is 0 Å². The summed E-state index contributed by atoms with van der Waals surface area (Å²) in [6.07, 6.45) is 8.89. The van der Waals surface area contributed by atoms with Gasteiger partial charge in [-0.15, -0.1) is 12.3 Å². The molecular formula is C12H16BrN3. The quantitative estimate of drug-likeness (QED) is 0.495. The van der Waals surface area contributed by atoms with Crippen LogP contribution in [0, 0.1) is 12.3 Å². The summed E-state index contributed by atoms with van der Waals surface area (Å²) >= 11 is 3.38. The maximum atomic E-state index is 5.18. The number of halogens is 1. The number of rotatable bonds is 6. The zero-order chi connectivity index (χ0) is 11.8. The Labute approximate surface area is 105 Å². The number of nitrogens with one attached hydrogen (secondary N) is 1. The van der Waals surface area contributed by atoms with Gasteiger partial charge >= 0.3 is 0 Å². The summed E-state index contributed by atoms with van der Waals surface area (Å²) in [5, 5.41) is 3.24. The highest BCUT2D eigenvalue weighted by molar-refractivity contribution is 9.10. The van der Waals surface area contributed by atoms with Gasteiger partial charge in [-0.1, -0.05) is 6.92 Å². The molecule has 1 aromatic heterocycles. The second kappa shape index (κ2) is 7.24. The molecule has 0 aliphatic heterocycles. The van der Waals surface area contributed by atoms with Crippen molar-refractivity contribution in [3.63, 3.8) is 0 Å². The predicted octanol–water partition coefficient (Wildman–Crippen LogP) is 3.02. The van der Waals surface area contributed by atoms with E-state index in [1.807, 2.05) is 6.07 Å². The van der Waals surface area contributed by atoms with E-state index in [0.29, 0.717) is 0 Å². The molecule has 4 heteroatoms. The molecule has 1 rings (SSSR count). The minimum absolute atomic E-state index is 0.793. The van der Waals surface area contributed by atoms with E-state index in [1.54, 1.807) is 0 Å². The Morgan fingerprint density at radius 1 is 1.50 bits per heavy atom. The van der Waals surface area contributed by atoms with Gasteiger partial charge in [0.2, 0.25) is 0 Å². The van der Waals surface area contributed by atoms with Crippen LogP contribution in [0.1, 0.15) is 32.0 Å². The molecule has 0 amide bonds. The van der Waals surface area contributed by atoms with Crippen molar-refractivity contribution >= 4 is 21.7 Å². The molecular weight excluding hydrogens is 266 g/mol. The van der Waals surface area contributed by atoms with Gasteiger partial charge in [0.25, 0.3) is 0 Å². The number of unbranched alkanes of at least 4 members (excludes halogenated alkanes) is 1. The van der Waals surface area contributed by atoms with Crippen LogP contribution in [0.3, 0.4) is 0 Å². The predicted molar refractivity (Wildman–Crippen MR) is 70.3 cm³/mol. The van der Waals surface area contributed by atoms with Gasteiger partial charge in [0.05, 0.1) is 0 Å². The van der Waals surface area contributed by atoms with Gasteiger partial charge in [-0.3, -0.25) is 0 Å². The molecule has 0 aliphatic rings. The molecule has 3 nitrogen and oxygen atoms in total. The summed E-state index contributed by atoms with van der Waals surface area (Å²) in [6, 6.07) is 1.88. The summed E-state index contributed by atoms with van der Waals surface area (Å²) in [6.45, 7) is 2.96. The van der Waals surface area contributed by atoms with Crippen LogP contribution in [-0.2, 0) is 6.42 Å². The summed E-state index contributed by atoms with van der Waals surface area (Å²) in [5.74, 6) is 4.35. The second-order valence-corrected chi connectivity index (χ2v) is 4.29. The number of nitrogens with zero attached hydrogens (tertiary/aromatic N) is 2. The van der Waals surface area contributed by atoms with Gasteiger partial charge in [-0.25, -0.2) is 9.97 Å². The van der Waals surface area contributed by atoms with E-state index in [4.69, 9.17) is 6.42 Å². The molecule has 1 aromatic rings. The van der Waals surface area contributed by atoms with E-state index in [2.05, 4.69) is 44.1 Å². The molecule has 0 spiro atoms. The first-order valence-corrected chi connectivity index (χ1v) is 6.26. The van der Waals surface area contributed by atoms with Crippen LogP contribution >= 0.6 is 15.9 Å². The Balaban J connectivity index is 2.55. The van der Waals surface area contributed by atoms with Crippen LogP contribution in [0.5, 0.6) is 0 Å². The summed E-state index contributed by atoms with van der Waals surface area (Å²) in [4.78, 5) is 8.72. The molecule has 0 aliphatic carbocycles. The maximum Gasteiger partial charge on any atom is 0.132 e. The lowest BCUT2D eigenvalue weighted by Crippen LogP contribution is -2.06. The number of aromatic nitrogens is 2. The highest BCUT2D eigenvalue weighted by Crippen LogP contribution is 2.13. The van der Waals surface area contributed by atoms with E-state index in [0.717, 1.165) is 48.5 Å². The summed E-state index contributed by atoms with van der Waals surface area (Å²) in [7, 11) is 0. The topological polar surface area (TPSA) is 37.8 Å². The molecule has 0 bridgehead atoms. The van der Waals surface area contributed by atoms with Crippen molar-refractivity contribution in [2.24, 2.45) is 0 Å². The van der Waals surface area contributed by atoms with E-state index < -0.39 is 0 Å². The van der Waals surface area contributed by atoms with E-state index in [-0.39, 0.29) is 0 Å².